The Bertz CT molecular complexity index is 1570. The molecule has 1 fully saturated rings. The molecule has 10 heteroatoms. The third kappa shape index (κ3) is 4.44. The average Bonchev–Trinajstić information content (AvgIpc) is 3.52. The van der Waals surface area contributed by atoms with E-state index in [0.717, 1.165) is 35.1 Å². The van der Waals surface area contributed by atoms with Gasteiger partial charge in [-0.1, -0.05) is 0 Å². The second-order valence-corrected chi connectivity index (χ2v) is 10.2. The van der Waals surface area contributed by atoms with Crippen molar-refractivity contribution >= 4 is 28.3 Å². The number of hydrogen-bond donors (Lipinski definition) is 1. The average molecular weight is 512 g/mol. The summed E-state index contributed by atoms with van der Waals surface area (Å²) in [4.78, 5) is 27.5. The van der Waals surface area contributed by atoms with Gasteiger partial charge in [0, 0.05) is 29.2 Å². The summed E-state index contributed by atoms with van der Waals surface area (Å²) in [5.41, 5.74) is 2.58. The zero-order valence-electron chi connectivity index (χ0n) is 20.5. The zero-order valence-corrected chi connectivity index (χ0v) is 21.3. The Morgan fingerprint density at radius 3 is 2.73 bits per heavy atom. The number of nitrogens with zero attached hydrogens (tertiary/aromatic N) is 6. The third-order valence-electron chi connectivity index (χ3n) is 6.49. The monoisotopic (exact) mass is 511 g/mol. The lowest BCUT2D eigenvalue weighted by molar-refractivity contribution is 0.0908. The number of fused-ring (bicyclic) bond motifs is 1. The van der Waals surface area contributed by atoms with Crippen LogP contribution >= 0.6 is 11.3 Å². The maximum Gasteiger partial charge on any atom is 0.253 e. The highest BCUT2D eigenvalue weighted by Crippen LogP contribution is 2.39. The molecule has 1 aliphatic carbocycles. The van der Waals surface area contributed by atoms with E-state index < -0.39 is 0 Å². The van der Waals surface area contributed by atoms with E-state index in [9.17, 15) is 4.79 Å². The molecule has 0 atom stereocenters. The highest BCUT2D eigenvalue weighted by molar-refractivity contribution is 7.14. The predicted octanol–water partition coefficient (Wildman–Crippen LogP) is 4.72. The van der Waals surface area contributed by atoms with E-state index in [4.69, 9.17) is 4.74 Å². The highest BCUT2D eigenvalue weighted by atomic mass is 32.1. The molecule has 1 aliphatic rings. The molecule has 5 heterocycles. The molecule has 9 nitrogen and oxygen atoms in total. The Kier molecular flexibility index (Phi) is 6.09. The van der Waals surface area contributed by atoms with Crippen LogP contribution in [0.4, 0.5) is 0 Å². The fourth-order valence-electron chi connectivity index (χ4n) is 4.62. The first-order valence-electron chi connectivity index (χ1n) is 12.2. The van der Waals surface area contributed by atoms with Gasteiger partial charge in [0.15, 0.2) is 5.82 Å². The quantitative estimate of drug-likeness (QED) is 0.337. The number of nitrogens with one attached hydrogen (secondary N) is 1. The fraction of sp³-hybridized carbons (Fsp3) is 0.259. The van der Waals surface area contributed by atoms with E-state index in [1.165, 1.54) is 4.88 Å². The molecule has 0 aromatic carbocycles. The Hall–Kier alpha value is -4.18. The van der Waals surface area contributed by atoms with E-state index in [1.54, 1.807) is 36.0 Å². The van der Waals surface area contributed by atoms with Crippen molar-refractivity contribution in [1.82, 2.24) is 35.0 Å². The van der Waals surface area contributed by atoms with Gasteiger partial charge >= 0.3 is 0 Å². The molecule has 6 rings (SSSR count). The molecular weight excluding hydrogens is 486 g/mol. The molecule has 1 amide bonds. The minimum absolute atomic E-state index is 0.0479. The SMILES string of the molecule is CCOc1ccc(-c2nnc(C3CC(NC(=O)c4ccnc5cccnc45)C3)n2-c2ccc(C)s2)nc1. The van der Waals surface area contributed by atoms with E-state index in [-0.39, 0.29) is 17.9 Å². The number of ether oxygens (including phenoxy) is 1. The molecular formula is C27H25N7O2S. The van der Waals surface area contributed by atoms with E-state index >= 15 is 0 Å². The lowest BCUT2D eigenvalue weighted by Crippen LogP contribution is -2.44. The second kappa shape index (κ2) is 9.70. The van der Waals surface area contributed by atoms with Crippen LogP contribution in [0, 0.1) is 6.92 Å². The topological polar surface area (TPSA) is 108 Å². The first-order valence-corrected chi connectivity index (χ1v) is 13.0. The number of aromatic nitrogens is 6. The summed E-state index contributed by atoms with van der Waals surface area (Å²) in [6, 6.07) is 13.4. The van der Waals surface area contributed by atoms with Gasteiger partial charge in [0.1, 0.15) is 27.8 Å². The lowest BCUT2D eigenvalue weighted by atomic mass is 9.79. The van der Waals surface area contributed by atoms with Crippen LogP contribution in [0.25, 0.3) is 27.6 Å². The first kappa shape index (κ1) is 23.2. The molecule has 1 N–H and O–H groups in total. The summed E-state index contributed by atoms with van der Waals surface area (Å²) in [6.45, 7) is 4.61. The number of carbonyl (C=O) groups is 1. The van der Waals surface area contributed by atoms with Gasteiger partial charge in [0.2, 0.25) is 0 Å². The standard InChI is InChI=1S/C27H25N7O2S/c1-3-36-19-7-8-22(30-15-19)26-33-32-25(34(26)23-9-6-16(2)37-23)17-13-18(14-17)31-27(35)20-10-12-28-21-5-4-11-29-24(20)21/h4-12,15,17-18H,3,13-14H2,1-2H3,(H,31,35). The number of thiophene rings is 1. The molecule has 0 unspecified atom stereocenters. The van der Waals surface area contributed by atoms with Gasteiger partial charge in [-0.25, -0.2) is 4.98 Å². The Labute approximate surface area is 217 Å². The van der Waals surface area contributed by atoms with Crippen LogP contribution < -0.4 is 10.1 Å². The van der Waals surface area contributed by atoms with Crippen LogP contribution in [-0.2, 0) is 0 Å². The minimum Gasteiger partial charge on any atom is -0.492 e. The van der Waals surface area contributed by atoms with E-state index in [0.29, 0.717) is 29.0 Å². The number of hydrogen-bond acceptors (Lipinski definition) is 8. The number of rotatable bonds is 7. The van der Waals surface area contributed by atoms with Crippen molar-refractivity contribution < 1.29 is 9.53 Å². The van der Waals surface area contributed by atoms with Gasteiger partial charge in [-0.15, -0.1) is 21.5 Å². The molecule has 0 aliphatic heterocycles. The number of carbonyl (C=O) groups excluding carboxylic acids is 1. The van der Waals surface area contributed by atoms with Gasteiger partial charge in [-0.2, -0.15) is 0 Å². The van der Waals surface area contributed by atoms with Gasteiger partial charge < -0.3 is 10.1 Å². The molecule has 37 heavy (non-hydrogen) atoms. The van der Waals surface area contributed by atoms with Crippen LogP contribution in [0.2, 0.25) is 0 Å². The highest BCUT2D eigenvalue weighted by Gasteiger charge is 2.36. The molecule has 5 aromatic heterocycles. The van der Waals surface area contributed by atoms with Crippen molar-refractivity contribution in [3.05, 3.63) is 77.3 Å². The Morgan fingerprint density at radius 2 is 1.97 bits per heavy atom. The Morgan fingerprint density at radius 1 is 1.08 bits per heavy atom. The maximum atomic E-state index is 13.0. The first-order chi connectivity index (χ1) is 18.1. The van der Waals surface area contributed by atoms with Crippen LogP contribution in [0.5, 0.6) is 5.75 Å². The molecule has 0 bridgehead atoms. The van der Waals surface area contributed by atoms with Crippen LogP contribution in [-0.4, -0.2) is 48.3 Å². The molecule has 1 saturated carbocycles. The third-order valence-corrected chi connectivity index (χ3v) is 7.48. The zero-order chi connectivity index (χ0) is 25.4. The predicted molar refractivity (Wildman–Crippen MR) is 141 cm³/mol. The van der Waals surface area contributed by atoms with Crippen molar-refractivity contribution in [3.63, 3.8) is 0 Å². The van der Waals surface area contributed by atoms with Crippen LogP contribution in [0.1, 0.15) is 46.7 Å². The maximum absolute atomic E-state index is 13.0. The van der Waals surface area contributed by atoms with Crippen LogP contribution in [0.3, 0.4) is 0 Å². The lowest BCUT2D eigenvalue weighted by Gasteiger charge is -2.35. The minimum atomic E-state index is -0.135. The van der Waals surface area contributed by atoms with Crippen molar-refractivity contribution in [2.24, 2.45) is 0 Å². The van der Waals surface area contributed by atoms with Crippen LogP contribution in [0.15, 0.2) is 61.1 Å². The molecule has 186 valence electrons. The number of aryl methyl sites for hydroxylation is 1. The van der Waals surface area contributed by atoms with Gasteiger partial charge in [0.25, 0.3) is 5.91 Å². The van der Waals surface area contributed by atoms with Crippen molar-refractivity contribution in [2.75, 3.05) is 6.61 Å². The summed E-state index contributed by atoms with van der Waals surface area (Å²) < 4.78 is 7.64. The largest absolute Gasteiger partial charge is 0.492 e. The van der Waals surface area contributed by atoms with Crippen molar-refractivity contribution in [3.8, 4) is 22.3 Å². The van der Waals surface area contributed by atoms with Crippen molar-refractivity contribution in [2.45, 2.75) is 38.6 Å². The van der Waals surface area contributed by atoms with Gasteiger partial charge in [0.05, 0.1) is 23.9 Å². The number of amides is 1. The summed E-state index contributed by atoms with van der Waals surface area (Å²) in [7, 11) is 0. The molecule has 5 aromatic rings. The Balaban J connectivity index is 1.23. The van der Waals surface area contributed by atoms with Crippen molar-refractivity contribution in [1.29, 1.82) is 0 Å². The summed E-state index contributed by atoms with van der Waals surface area (Å²) in [5.74, 6) is 2.34. The molecule has 0 saturated heterocycles. The fourth-order valence-corrected chi connectivity index (χ4v) is 5.50. The van der Waals surface area contributed by atoms with E-state index in [2.05, 4.69) is 54.1 Å². The summed E-state index contributed by atoms with van der Waals surface area (Å²) in [6.07, 6.45) is 6.59. The molecule has 0 spiro atoms. The normalized spacial score (nSPS) is 16.9. The van der Waals surface area contributed by atoms with Gasteiger partial charge in [-0.05, 0) is 69.2 Å². The smallest absolute Gasteiger partial charge is 0.253 e. The van der Waals surface area contributed by atoms with Gasteiger partial charge in [-0.3, -0.25) is 19.3 Å². The number of pyridine rings is 3. The summed E-state index contributed by atoms with van der Waals surface area (Å²) in [5, 5.41) is 13.3. The summed E-state index contributed by atoms with van der Waals surface area (Å²) >= 11 is 1.69. The van der Waals surface area contributed by atoms with E-state index in [1.807, 2.05) is 31.2 Å². The molecule has 0 radical (unpaired) electrons. The second-order valence-electron chi connectivity index (χ2n) is 8.98.